The van der Waals surface area contributed by atoms with Gasteiger partial charge in [-0.3, -0.25) is 24.0 Å². The van der Waals surface area contributed by atoms with Crippen LogP contribution in [0.4, 0.5) is 5.82 Å². The predicted molar refractivity (Wildman–Crippen MR) is 174 cm³/mol. The van der Waals surface area contributed by atoms with Crippen molar-refractivity contribution < 1.29 is 4.79 Å². The number of hydrogen-bond donors (Lipinski definition) is 0. The van der Waals surface area contributed by atoms with Crippen LogP contribution < -0.4 is 10.5 Å². The Hall–Kier alpha value is -3.71. The summed E-state index contributed by atoms with van der Waals surface area (Å²) in [6, 6.07) is 20.6. The maximum Gasteiger partial charge on any atom is 0.270 e. The number of aromatic nitrogens is 1. The van der Waals surface area contributed by atoms with Crippen LogP contribution in [0, 0.1) is 25.2 Å². The molecule has 0 radical (unpaired) electrons. The molecule has 2 aliphatic heterocycles. The molecule has 7 nitrogen and oxygen atoms in total. The van der Waals surface area contributed by atoms with Gasteiger partial charge in [0.25, 0.3) is 11.5 Å². The maximum atomic E-state index is 13.6. The molecule has 0 spiro atoms. The topological polar surface area (TPSA) is 72.6 Å². The number of anilines is 1. The fourth-order valence-electron chi connectivity index (χ4n) is 5.52. The first-order valence-corrected chi connectivity index (χ1v) is 15.5. The van der Waals surface area contributed by atoms with E-state index >= 15 is 0 Å². The van der Waals surface area contributed by atoms with Gasteiger partial charge in [-0.2, -0.15) is 5.26 Å². The van der Waals surface area contributed by atoms with Gasteiger partial charge in [0.1, 0.15) is 21.8 Å². The van der Waals surface area contributed by atoms with Gasteiger partial charge in [-0.05, 0) is 43.0 Å². The monoisotopic (exact) mass is 597 g/mol. The predicted octanol–water partition coefficient (Wildman–Crippen LogP) is 5.47. The number of thioether (sulfide) groups is 1. The number of aryl methyl sites for hydroxylation is 1. The van der Waals surface area contributed by atoms with Crippen molar-refractivity contribution in [3.63, 3.8) is 0 Å². The molecule has 0 aliphatic carbocycles. The summed E-state index contributed by atoms with van der Waals surface area (Å²) in [6.07, 6.45) is 2.59. The van der Waals surface area contributed by atoms with Gasteiger partial charge in [0.15, 0.2) is 0 Å². The highest BCUT2D eigenvalue weighted by Crippen LogP contribution is 2.37. The molecule has 2 aliphatic rings. The van der Waals surface area contributed by atoms with E-state index in [1.807, 2.05) is 57.2 Å². The number of benzene rings is 2. The number of carbonyl (C=O) groups is 1. The van der Waals surface area contributed by atoms with Crippen LogP contribution in [0.1, 0.15) is 46.7 Å². The van der Waals surface area contributed by atoms with E-state index in [1.165, 1.54) is 17.3 Å². The smallest absolute Gasteiger partial charge is 0.270 e. The number of nitriles is 1. The van der Waals surface area contributed by atoms with Crippen LogP contribution in [0.25, 0.3) is 6.08 Å². The largest absolute Gasteiger partial charge is 0.355 e. The van der Waals surface area contributed by atoms with Gasteiger partial charge in [0.2, 0.25) is 0 Å². The highest BCUT2D eigenvalue weighted by Gasteiger charge is 2.33. The van der Waals surface area contributed by atoms with Gasteiger partial charge >= 0.3 is 0 Å². The molecule has 3 heterocycles. The van der Waals surface area contributed by atoms with Gasteiger partial charge in [-0.1, -0.05) is 91.1 Å². The van der Waals surface area contributed by atoms with E-state index in [2.05, 4.69) is 40.1 Å². The minimum absolute atomic E-state index is 0.122. The van der Waals surface area contributed by atoms with Crippen LogP contribution in [0.5, 0.6) is 0 Å². The quantitative estimate of drug-likeness (QED) is 0.252. The van der Waals surface area contributed by atoms with Gasteiger partial charge < -0.3 is 4.90 Å². The van der Waals surface area contributed by atoms with Crippen molar-refractivity contribution in [2.24, 2.45) is 0 Å². The molecule has 0 bridgehead atoms. The summed E-state index contributed by atoms with van der Waals surface area (Å²) < 4.78 is 2.24. The Morgan fingerprint density at radius 3 is 2.26 bits per heavy atom. The number of thiocarbonyl (C=S) groups is 1. The first-order chi connectivity index (χ1) is 20.3. The number of nitrogens with zero attached hydrogens (tertiary/aromatic N) is 5. The van der Waals surface area contributed by atoms with E-state index in [0.717, 1.165) is 61.7 Å². The Balaban J connectivity index is 1.49. The molecule has 0 N–H and O–H groups in total. The molecule has 42 heavy (non-hydrogen) atoms. The summed E-state index contributed by atoms with van der Waals surface area (Å²) in [5.74, 6) is 0.622. The second kappa shape index (κ2) is 13.1. The molecule has 1 aromatic heterocycles. The fraction of sp³-hybridized carbons (Fsp3) is 0.333. The van der Waals surface area contributed by atoms with Crippen LogP contribution in [-0.4, -0.2) is 50.8 Å². The maximum absolute atomic E-state index is 13.6. The molecular weight excluding hydrogens is 563 g/mol. The Morgan fingerprint density at radius 1 is 0.952 bits per heavy atom. The van der Waals surface area contributed by atoms with Crippen molar-refractivity contribution >= 4 is 46.1 Å². The van der Waals surface area contributed by atoms with Crippen molar-refractivity contribution in [2.45, 2.75) is 46.8 Å². The average molecular weight is 598 g/mol. The molecule has 5 rings (SSSR count). The molecule has 2 fully saturated rings. The second-order valence-electron chi connectivity index (χ2n) is 10.8. The average Bonchev–Trinajstić information content (AvgIpc) is 3.25. The van der Waals surface area contributed by atoms with E-state index in [-0.39, 0.29) is 17.0 Å². The standard InChI is InChI=1S/C33H35N5O2S2/c1-4-14-37-30(36-17-15-35(16-18-36)21-25-8-6-5-7-9-25)27(24(3)28(20-34)31(37)39)19-29-32(40)38(33(41)42-29)22-26-12-10-23(2)11-13-26/h5-13,19H,4,14-18,21-22H2,1-3H3. The lowest BCUT2D eigenvalue weighted by atomic mass is 10.0. The Bertz CT molecular complexity index is 1620. The number of rotatable bonds is 8. The third kappa shape index (κ3) is 6.21. The number of amides is 1. The number of pyridine rings is 1. The van der Waals surface area contributed by atoms with Gasteiger partial charge in [0, 0.05) is 44.8 Å². The Morgan fingerprint density at radius 2 is 1.62 bits per heavy atom. The van der Waals surface area contributed by atoms with Crippen molar-refractivity contribution in [2.75, 3.05) is 31.1 Å². The Kier molecular flexibility index (Phi) is 9.27. The lowest BCUT2D eigenvalue weighted by molar-refractivity contribution is -0.122. The van der Waals surface area contributed by atoms with Gasteiger partial charge in [-0.25, -0.2) is 0 Å². The van der Waals surface area contributed by atoms with Crippen LogP contribution >= 0.6 is 24.0 Å². The van der Waals surface area contributed by atoms with E-state index in [9.17, 15) is 14.9 Å². The van der Waals surface area contributed by atoms with E-state index < -0.39 is 0 Å². The van der Waals surface area contributed by atoms with Crippen LogP contribution in [0.3, 0.4) is 0 Å². The normalized spacial score (nSPS) is 16.9. The van der Waals surface area contributed by atoms with E-state index in [1.54, 1.807) is 9.47 Å². The number of piperazine rings is 1. The molecule has 2 saturated heterocycles. The summed E-state index contributed by atoms with van der Waals surface area (Å²) in [4.78, 5) is 34.0. The molecule has 216 valence electrons. The lowest BCUT2D eigenvalue weighted by Gasteiger charge is -2.38. The zero-order valence-corrected chi connectivity index (χ0v) is 25.9. The SMILES string of the molecule is CCCn1c(N2CCN(Cc3ccccc3)CC2)c(C=C2SC(=S)N(Cc3ccc(C)cc3)C2=O)c(C)c(C#N)c1=O. The molecule has 0 saturated carbocycles. The molecule has 0 unspecified atom stereocenters. The molecule has 3 aromatic rings. The van der Waals surface area contributed by atoms with E-state index in [0.29, 0.717) is 27.9 Å². The lowest BCUT2D eigenvalue weighted by Crippen LogP contribution is -2.48. The first-order valence-electron chi connectivity index (χ1n) is 14.3. The zero-order valence-electron chi connectivity index (χ0n) is 24.3. The molecule has 9 heteroatoms. The van der Waals surface area contributed by atoms with Crippen molar-refractivity contribution in [1.29, 1.82) is 5.26 Å². The van der Waals surface area contributed by atoms with Crippen molar-refractivity contribution in [3.05, 3.63) is 103 Å². The summed E-state index contributed by atoms with van der Waals surface area (Å²) in [6.45, 7) is 10.8. The molecule has 2 aromatic carbocycles. The summed E-state index contributed by atoms with van der Waals surface area (Å²) >= 11 is 6.91. The van der Waals surface area contributed by atoms with Gasteiger partial charge in [0.05, 0.1) is 11.4 Å². The second-order valence-corrected chi connectivity index (χ2v) is 12.5. The Labute approximate surface area is 257 Å². The van der Waals surface area contributed by atoms with E-state index in [4.69, 9.17) is 12.2 Å². The minimum Gasteiger partial charge on any atom is -0.355 e. The molecular formula is C33H35N5O2S2. The first kappa shape index (κ1) is 29.8. The van der Waals surface area contributed by atoms with Crippen molar-refractivity contribution in [3.8, 4) is 6.07 Å². The molecule has 1 amide bonds. The highest BCUT2D eigenvalue weighted by atomic mass is 32.2. The van der Waals surface area contributed by atoms with Crippen LogP contribution in [0.2, 0.25) is 0 Å². The fourth-order valence-corrected chi connectivity index (χ4v) is 6.76. The molecule has 0 atom stereocenters. The number of hydrogen-bond acceptors (Lipinski definition) is 7. The number of carbonyl (C=O) groups excluding carboxylic acids is 1. The van der Waals surface area contributed by atoms with Crippen LogP contribution in [-0.2, 0) is 24.4 Å². The summed E-state index contributed by atoms with van der Waals surface area (Å²) in [5, 5.41) is 9.97. The summed E-state index contributed by atoms with van der Waals surface area (Å²) in [5.41, 5.74) is 4.62. The van der Waals surface area contributed by atoms with Crippen molar-refractivity contribution in [1.82, 2.24) is 14.4 Å². The summed E-state index contributed by atoms with van der Waals surface area (Å²) in [7, 11) is 0. The minimum atomic E-state index is -0.275. The van der Waals surface area contributed by atoms with Gasteiger partial charge in [-0.15, -0.1) is 0 Å². The third-order valence-corrected chi connectivity index (χ3v) is 9.20. The highest BCUT2D eigenvalue weighted by molar-refractivity contribution is 8.26. The zero-order chi connectivity index (χ0) is 29.8. The third-order valence-electron chi connectivity index (χ3n) is 7.82. The van der Waals surface area contributed by atoms with Crippen LogP contribution in [0.15, 0.2) is 64.3 Å².